The third kappa shape index (κ3) is 4.73. The first kappa shape index (κ1) is 24.0. The van der Waals surface area contributed by atoms with E-state index in [4.69, 9.17) is 32.7 Å². The van der Waals surface area contributed by atoms with Gasteiger partial charge in [-0.2, -0.15) is 10.1 Å². The van der Waals surface area contributed by atoms with Gasteiger partial charge in [-0.1, -0.05) is 40.9 Å². The Morgan fingerprint density at radius 1 is 1.09 bits per heavy atom. The smallest absolute Gasteiger partial charge is 0.283 e. The number of methoxy groups -OCH3 is 1. The van der Waals surface area contributed by atoms with Gasteiger partial charge in [-0.25, -0.2) is 4.39 Å². The molecule has 1 aliphatic rings. The van der Waals surface area contributed by atoms with E-state index in [9.17, 15) is 14.3 Å². The Morgan fingerprint density at radius 2 is 1.74 bits per heavy atom. The second kappa shape index (κ2) is 9.62. The number of ether oxygens (including phenoxy) is 2. The molecule has 34 heavy (non-hydrogen) atoms. The molecule has 3 aromatic carbocycles. The fourth-order valence-electron chi connectivity index (χ4n) is 3.63. The number of halogens is 3. The number of hydrazone groups is 1. The van der Waals surface area contributed by atoms with Crippen LogP contribution in [-0.2, 0) is 10.5 Å². The molecule has 3 aromatic rings. The predicted octanol–water partition coefficient (Wildman–Crippen LogP) is 5.31. The Bertz CT molecular complexity index is 1250. The Hall–Kier alpha value is -3.13. The van der Waals surface area contributed by atoms with Crippen LogP contribution in [0.1, 0.15) is 23.1 Å². The van der Waals surface area contributed by atoms with E-state index < -0.39 is 24.1 Å². The largest absolute Gasteiger partial charge is 0.497 e. The van der Waals surface area contributed by atoms with Crippen LogP contribution in [0.25, 0.3) is 0 Å². The fourth-order valence-corrected chi connectivity index (χ4v) is 4.17. The minimum Gasteiger partial charge on any atom is -0.497 e. The average molecular weight is 503 g/mol. The van der Waals surface area contributed by atoms with Gasteiger partial charge in [-0.15, -0.1) is 0 Å². The second-order valence-corrected chi connectivity index (χ2v) is 8.64. The van der Waals surface area contributed by atoms with Gasteiger partial charge in [0.05, 0.1) is 22.9 Å². The molecule has 1 heterocycles. The molecule has 1 amide bonds. The predicted molar refractivity (Wildman–Crippen MR) is 128 cm³/mol. The number of carbonyl (C=O) groups is 1. The molecule has 0 saturated heterocycles. The van der Waals surface area contributed by atoms with Gasteiger partial charge in [0.1, 0.15) is 17.3 Å². The van der Waals surface area contributed by atoms with Crippen molar-refractivity contribution in [3.8, 4) is 11.5 Å². The topological polar surface area (TPSA) is 71.4 Å². The highest BCUT2D eigenvalue weighted by Gasteiger charge is 2.47. The number of rotatable bonds is 6. The van der Waals surface area contributed by atoms with Gasteiger partial charge >= 0.3 is 0 Å². The van der Waals surface area contributed by atoms with Crippen LogP contribution >= 0.6 is 23.2 Å². The van der Waals surface area contributed by atoms with Crippen molar-refractivity contribution >= 4 is 34.8 Å². The van der Waals surface area contributed by atoms with E-state index in [0.717, 1.165) is 16.6 Å². The number of hydrogen-bond acceptors (Lipinski definition) is 5. The molecule has 1 atom stereocenters. The van der Waals surface area contributed by atoms with Crippen molar-refractivity contribution in [2.24, 2.45) is 5.10 Å². The second-order valence-electron chi connectivity index (χ2n) is 7.82. The summed E-state index contributed by atoms with van der Waals surface area (Å²) in [6, 6.07) is 16.3. The Morgan fingerprint density at radius 3 is 2.38 bits per heavy atom. The number of aryl methyl sites for hydroxylation is 1. The normalized spacial score (nSPS) is 17.5. The third-order valence-corrected chi connectivity index (χ3v) is 6.07. The van der Waals surface area contributed by atoms with E-state index in [1.54, 1.807) is 43.5 Å². The Labute approximate surface area is 206 Å². The maximum atomic E-state index is 14.3. The Balaban J connectivity index is 1.69. The van der Waals surface area contributed by atoms with Gasteiger partial charge in [0.15, 0.2) is 12.3 Å². The summed E-state index contributed by atoms with van der Waals surface area (Å²) >= 11 is 12.2. The molecule has 0 spiro atoms. The maximum Gasteiger partial charge on any atom is 0.283 e. The summed E-state index contributed by atoms with van der Waals surface area (Å²) in [4.78, 5) is 13.2. The number of hydrogen-bond donors (Lipinski definition) is 1. The van der Waals surface area contributed by atoms with E-state index in [1.165, 1.54) is 6.07 Å². The zero-order valence-corrected chi connectivity index (χ0v) is 19.9. The van der Waals surface area contributed by atoms with Crippen LogP contribution in [0.2, 0.25) is 10.0 Å². The molecule has 4 rings (SSSR count). The van der Waals surface area contributed by atoms with Crippen LogP contribution in [0, 0.1) is 12.7 Å². The van der Waals surface area contributed by atoms with Crippen LogP contribution in [0.15, 0.2) is 65.8 Å². The van der Waals surface area contributed by atoms with Gasteiger partial charge in [-0.3, -0.25) is 4.79 Å². The van der Waals surface area contributed by atoms with Crippen LogP contribution in [0.3, 0.4) is 0 Å². The first-order chi connectivity index (χ1) is 16.2. The van der Waals surface area contributed by atoms with Crippen molar-refractivity contribution in [3.05, 3.63) is 93.2 Å². The van der Waals surface area contributed by atoms with Gasteiger partial charge < -0.3 is 14.6 Å². The molecule has 0 aliphatic carbocycles. The highest BCUT2D eigenvalue weighted by molar-refractivity contribution is 6.35. The van der Waals surface area contributed by atoms with Gasteiger partial charge in [0.25, 0.3) is 5.91 Å². The summed E-state index contributed by atoms with van der Waals surface area (Å²) in [6.45, 7) is 1.53. The van der Waals surface area contributed by atoms with Gasteiger partial charge in [0.2, 0.25) is 0 Å². The van der Waals surface area contributed by atoms with Crippen LogP contribution in [0.4, 0.5) is 4.39 Å². The molecule has 9 heteroatoms. The van der Waals surface area contributed by atoms with Crippen molar-refractivity contribution in [2.75, 3.05) is 13.7 Å². The summed E-state index contributed by atoms with van der Waals surface area (Å²) in [5.74, 6) is -0.301. The average Bonchev–Trinajstić information content (AvgIpc) is 3.19. The summed E-state index contributed by atoms with van der Waals surface area (Å²) in [7, 11) is 1.55. The van der Waals surface area contributed by atoms with E-state index in [1.807, 2.05) is 19.1 Å². The SMILES string of the molecule is COc1ccc(C2=NN(C(=O)COc3ccc(C)cc3)C(O)(c3cc(F)c(Cl)cc3Cl)C2)cc1. The highest BCUT2D eigenvalue weighted by Crippen LogP contribution is 2.41. The molecule has 1 N–H and O–H groups in total. The molecule has 1 unspecified atom stereocenters. The van der Waals surface area contributed by atoms with Gasteiger partial charge in [-0.05, 0) is 61.0 Å². The lowest BCUT2D eigenvalue weighted by Gasteiger charge is -2.32. The van der Waals surface area contributed by atoms with Gasteiger partial charge in [0, 0.05) is 12.0 Å². The van der Waals surface area contributed by atoms with E-state index >= 15 is 0 Å². The van der Waals surface area contributed by atoms with E-state index in [0.29, 0.717) is 22.8 Å². The quantitative estimate of drug-likeness (QED) is 0.463. The number of nitrogens with zero attached hydrogens (tertiary/aromatic N) is 2. The van der Waals surface area contributed by atoms with Crippen molar-refractivity contribution in [3.63, 3.8) is 0 Å². The van der Waals surface area contributed by atoms with E-state index in [-0.39, 0.29) is 22.0 Å². The molecule has 1 aliphatic heterocycles. The molecule has 6 nitrogen and oxygen atoms in total. The van der Waals surface area contributed by atoms with E-state index in [2.05, 4.69) is 5.10 Å². The standard InChI is InChI=1S/C25H21Cl2FN2O4/c1-15-3-7-18(8-4-15)34-14-24(31)30-25(32,19-11-22(28)21(27)12-20(19)26)13-23(29-30)16-5-9-17(33-2)10-6-16/h3-12,32H,13-14H2,1-2H3. The van der Waals surface area contributed by atoms with Crippen molar-refractivity contribution < 1.29 is 23.8 Å². The lowest BCUT2D eigenvalue weighted by atomic mass is 9.94. The number of carbonyl (C=O) groups excluding carboxylic acids is 1. The fraction of sp³-hybridized carbons (Fsp3) is 0.200. The molecule has 0 aromatic heterocycles. The highest BCUT2D eigenvalue weighted by atomic mass is 35.5. The lowest BCUT2D eigenvalue weighted by molar-refractivity contribution is -0.159. The monoisotopic (exact) mass is 502 g/mol. The zero-order chi connectivity index (χ0) is 24.5. The zero-order valence-electron chi connectivity index (χ0n) is 18.4. The van der Waals surface area contributed by atoms with Crippen molar-refractivity contribution in [2.45, 2.75) is 19.1 Å². The third-order valence-electron chi connectivity index (χ3n) is 5.47. The summed E-state index contributed by atoms with van der Waals surface area (Å²) in [6.07, 6.45) is -0.129. The summed E-state index contributed by atoms with van der Waals surface area (Å²) < 4.78 is 25.1. The minimum atomic E-state index is -2.05. The number of amides is 1. The van der Waals surface area contributed by atoms with Crippen molar-refractivity contribution in [1.29, 1.82) is 0 Å². The summed E-state index contributed by atoms with van der Waals surface area (Å²) in [5.41, 5.74) is 0.0124. The summed E-state index contributed by atoms with van der Waals surface area (Å²) in [5, 5.41) is 16.7. The molecule has 176 valence electrons. The first-order valence-electron chi connectivity index (χ1n) is 10.3. The Kier molecular flexibility index (Phi) is 6.79. The first-order valence-corrected chi connectivity index (χ1v) is 11.1. The lowest BCUT2D eigenvalue weighted by Crippen LogP contribution is -2.45. The molecular formula is C25H21Cl2FN2O4. The molecular weight excluding hydrogens is 482 g/mol. The minimum absolute atomic E-state index is 0.00247. The van der Waals surface area contributed by atoms with Crippen LogP contribution in [-0.4, -0.2) is 35.5 Å². The number of aliphatic hydroxyl groups is 1. The maximum absolute atomic E-state index is 14.3. The molecule has 0 radical (unpaired) electrons. The van der Waals surface area contributed by atoms with Crippen LogP contribution < -0.4 is 9.47 Å². The number of benzene rings is 3. The molecule has 0 saturated carbocycles. The molecule has 0 fully saturated rings. The van der Waals surface area contributed by atoms with Crippen LogP contribution in [0.5, 0.6) is 11.5 Å². The molecule has 0 bridgehead atoms. The van der Waals surface area contributed by atoms with Crippen molar-refractivity contribution in [1.82, 2.24) is 5.01 Å².